The molecule has 3 N–H and O–H groups in total. The SMILES string of the molecule is O=C(O)C(F)(F)F.O=C(O)C1=C(/C=C2\CCN(CC(F)(F)F)C2=O)C[C@@H]2CN[C@@H]3C(=O)N1[C@H]23. The maximum atomic E-state index is 12.5. The Morgan fingerprint density at radius 3 is 2.24 bits per heavy atom. The van der Waals surface area contributed by atoms with Gasteiger partial charge in [0.25, 0.3) is 0 Å². The first-order valence-corrected chi connectivity index (χ1v) is 9.51. The van der Waals surface area contributed by atoms with Gasteiger partial charge in [0.15, 0.2) is 0 Å². The number of carboxylic acids is 2. The summed E-state index contributed by atoms with van der Waals surface area (Å²) in [4.78, 5) is 46.9. The van der Waals surface area contributed by atoms with Gasteiger partial charge in [-0.25, -0.2) is 9.59 Å². The van der Waals surface area contributed by atoms with Crippen LogP contribution in [0.5, 0.6) is 0 Å². The highest BCUT2D eigenvalue weighted by atomic mass is 19.4. The lowest BCUT2D eigenvalue weighted by Crippen LogP contribution is -2.68. The molecule has 4 aliphatic rings. The summed E-state index contributed by atoms with van der Waals surface area (Å²) < 4.78 is 69.3. The Morgan fingerprint density at radius 1 is 1.12 bits per heavy atom. The van der Waals surface area contributed by atoms with Crippen molar-refractivity contribution in [2.45, 2.75) is 37.3 Å². The third-order valence-electron chi connectivity index (χ3n) is 5.63. The molecule has 0 bridgehead atoms. The number of nitrogens with zero attached hydrogens (tertiary/aromatic N) is 2. The second-order valence-electron chi connectivity index (χ2n) is 7.79. The van der Waals surface area contributed by atoms with Crippen LogP contribution in [0.3, 0.4) is 0 Å². The highest BCUT2D eigenvalue weighted by Crippen LogP contribution is 2.44. The minimum absolute atomic E-state index is 0.0374. The van der Waals surface area contributed by atoms with Crippen molar-refractivity contribution in [3.63, 3.8) is 0 Å². The summed E-state index contributed by atoms with van der Waals surface area (Å²) in [5, 5.41) is 19.7. The predicted molar refractivity (Wildman–Crippen MR) is 94.2 cm³/mol. The number of rotatable bonds is 3. The highest BCUT2D eigenvalue weighted by molar-refractivity contribution is 6.02. The predicted octanol–water partition coefficient (Wildman–Crippen LogP) is 0.882. The van der Waals surface area contributed by atoms with E-state index >= 15 is 0 Å². The van der Waals surface area contributed by atoms with Crippen LogP contribution >= 0.6 is 0 Å². The van der Waals surface area contributed by atoms with Crippen molar-refractivity contribution >= 4 is 23.8 Å². The summed E-state index contributed by atoms with van der Waals surface area (Å²) >= 11 is 0. The molecule has 0 aliphatic carbocycles. The average Bonchev–Trinajstić information content (AvgIpc) is 3.22. The lowest BCUT2D eigenvalue weighted by molar-refractivity contribution is -0.192. The second kappa shape index (κ2) is 8.35. The van der Waals surface area contributed by atoms with Crippen molar-refractivity contribution in [1.29, 1.82) is 0 Å². The molecular weight excluding hydrogens is 468 g/mol. The molecule has 15 heteroatoms. The molecule has 3 saturated heterocycles. The Morgan fingerprint density at radius 2 is 1.73 bits per heavy atom. The van der Waals surface area contributed by atoms with Crippen molar-refractivity contribution < 1.29 is 55.7 Å². The van der Waals surface area contributed by atoms with E-state index in [1.165, 1.54) is 11.0 Å². The Bertz CT molecular complexity index is 956. The molecule has 3 atom stereocenters. The minimum Gasteiger partial charge on any atom is -0.477 e. The van der Waals surface area contributed by atoms with E-state index in [9.17, 15) is 45.8 Å². The van der Waals surface area contributed by atoms with E-state index in [1.54, 1.807) is 0 Å². The molecule has 182 valence electrons. The fourth-order valence-corrected chi connectivity index (χ4v) is 4.33. The van der Waals surface area contributed by atoms with Crippen LogP contribution in [0.15, 0.2) is 22.9 Å². The molecule has 0 saturated carbocycles. The third-order valence-corrected chi connectivity index (χ3v) is 5.63. The van der Waals surface area contributed by atoms with Crippen molar-refractivity contribution in [2.75, 3.05) is 19.6 Å². The molecular formula is C18H17F6N3O6. The molecule has 4 rings (SSSR count). The van der Waals surface area contributed by atoms with Crippen LogP contribution in [0.2, 0.25) is 0 Å². The minimum atomic E-state index is -5.08. The zero-order valence-electron chi connectivity index (χ0n) is 16.5. The van der Waals surface area contributed by atoms with Gasteiger partial charge in [-0.3, -0.25) is 14.5 Å². The molecule has 0 aromatic heterocycles. The standard InChI is InChI=1S/C16H16F3N3O4.C2HF3O2/c17-16(18,19)6-21-2-1-7(13(21)23)3-8-4-9-5-20-10-11(9)22(14(10)24)12(8)15(25)26;3-2(4,5)1(6)7/h3,9-11,20H,1-2,4-6H2,(H,25,26);(H,6,7)/b7-3+;/t9-,10+,11-;/m1./s1. The van der Waals surface area contributed by atoms with E-state index in [4.69, 9.17) is 9.90 Å². The molecule has 3 fully saturated rings. The van der Waals surface area contributed by atoms with Crippen molar-refractivity contribution in [3.8, 4) is 0 Å². The number of nitrogens with one attached hydrogen (secondary N) is 1. The first-order valence-electron chi connectivity index (χ1n) is 9.51. The zero-order chi connectivity index (χ0) is 24.9. The number of alkyl halides is 6. The lowest BCUT2D eigenvalue weighted by Gasteiger charge is -2.48. The van der Waals surface area contributed by atoms with Crippen LogP contribution < -0.4 is 5.32 Å². The van der Waals surface area contributed by atoms with Gasteiger partial charge in [0.1, 0.15) is 18.3 Å². The maximum Gasteiger partial charge on any atom is 0.490 e. The van der Waals surface area contributed by atoms with E-state index in [0.29, 0.717) is 23.4 Å². The smallest absolute Gasteiger partial charge is 0.477 e. The number of β-lactam (4-membered cyclic amide) rings is 1. The van der Waals surface area contributed by atoms with Crippen LogP contribution in [0, 0.1) is 5.92 Å². The van der Waals surface area contributed by atoms with Crippen LogP contribution in [0.25, 0.3) is 0 Å². The van der Waals surface area contributed by atoms with Crippen molar-refractivity contribution in [2.24, 2.45) is 5.92 Å². The average molecular weight is 485 g/mol. The van der Waals surface area contributed by atoms with Crippen molar-refractivity contribution in [3.05, 3.63) is 22.9 Å². The summed E-state index contributed by atoms with van der Waals surface area (Å²) in [7, 11) is 0. The van der Waals surface area contributed by atoms with Gasteiger partial charge >= 0.3 is 24.3 Å². The number of carbonyl (C=O) groups excluding carboxylic acids is 2. The maximum absolute atomic E-state index is 12.5. The molecule has 2 amide bonds. The van der Waals surface area contributed by atoms with E-state index in [2.05, 4.69) is 5.32 Å². The number of likely N-dealkylation sites (tertiary alicyclic amines) is 1. The Kier molecular flexibility index (Phi) is 6.21. The monoisotopic (exact) mass is 485 g/mol. The van der Waals surface area contributed by atoms with Gasteiger partial charge in [-0.15, -0.1) is 0 Å². The van der Waals surface area contributed by atoms with Crippen LogP contribution in [0.4, 0.5) is 26.3 Å². The number of hydrogen-bond donors (Lipinski definition) is 3. The number of amides is 2. The summed E-state index contributed by atoms with van der Waals surface area (Å²) in [6.45, 7) is -0.821. The summed E-state index contributed by atoms with van der Waals surface area (Å²) in [5.41, 5.74) is 0.314. The topological polar surface area (TPSA) is 127 Å². The Balaban J connectivity index is 0.000000383. The van der Waals surface area contributed by atoms with Gasteiger partial charge in [0.05, 0.1) is 6.04 Å². The largest absolute Gasteiger partial charge is 0.490 e. The molecule has 4 heterocycles. The Labute approximate surface area is 181 Å². The molecule has 9 nitrogen and oxygen atoms in total. The fraction of sp³-hybridized carbons (Fsp3) is 0.556. The van der Waals surface area contributed by atoms with Crippen LogP contribution in [0.1, 0.15) is 12.8 Å². The van der Waals surface area contributed by atoms with Gasteiger partial charge in [0, 0.05) is 18.7 Å². The lowest BCUT2D eigenvalue weighted by atomic mass is 9.79. The molecule has 0 aromatic rings. The number of hydrogen-bond acceptors (Lipinski definition) is 5. The molecule has 4 aliphatic heterocycles. The number of aliphatic carboxylic acids is 2. The third kappa shape index (κ3) is 4.82. The summed E-state index contributed by atoms with van der Waals surface area (Å²) in [6, 6.07) is -0.560. The molecule has 0 aromatic carbocycles. The second-order valence-corrected chi connectivity index (χ2v) is 7.79. The summed E-state index contributed by atoms with van der Waals surface area (Å²) in [5.74, 6) is -5.05. The first kappa shape index (κ1) is 24.5. The van der Waals surface area contributed by atoms with Gasteiger partial charge in [-0.05, 0) is 30.4 Å². The van der Waals surface area contributed by atoms with Crippen molar-refractivity contribution in [1.82, 2.24) is 15.1 Å². The normalized spacial score (nSPS) is 27.9. The quantitative estimate of drug-likeness (QED) is 0.308. The van der Waals surface area contributed by atoms with E-state index in [1.807, 2.05) is 0 Å². The van der Waals surface area contributed by atoms with Gasteiger partial charge < -0.3 is 20.4 Å². The van der Waals surface area contributed by atoms with Gasteiger partial charge in [-0.2, -0.15) is 26.3 Å². The van der Waals surface area contributed by atoms with E-state index in [0.717, 1.165) is 0 Å². The molecule has 0 spiro atoms. The van der Waals surface area contributed by atoms with Gasteiger partial charge in [0.2, 0.25) is 11.8 Å². The van der Waals surface area contributed by atoms with E-state index < -0.39 is 36.7 Å². The summed E-state index contributed by atoms with van der Waals surface area (Å²) in [6.07, 6.45) is -7.70. The number of allylic oxidation sites excluding steroid dienone is 2. The molecule has 0 unspecified atom stereocenters. The molecule has 33 heavy (non-hydrogen) atoms. The van der Waals surface area contributed by atoms with Crippen LogP contribution in [-0.4, -0.2) is 87.8 Å². The molecule has 0 radical (unpaired) electrons. The fourth-order valence-electron chi connectivity index (χ4n) is 4.33. The highest BCUT2D eigenvalue weighted by Gasteiger charge is 2.59. The zero-order valence-corrected chi connectivity index (χ0v) is 16.5. The number of carbonyl (C=O) groups is 4. The number of halogens is 6. The van der Waals surface area contributed by atoms with Crippen LogP contribution in [-0.2, 0) is 19.2 Å². The Hall–Kier alpha value is -3.10. The number of carboxylic acid groups (broad SMARTS) is 2. The van der Waals surface area contributed by atoms with E-state index in [-0.39, 0.29) is 48.1 Å². The first-order chi connectivity index (χ1) is 15.1. The van der Waals surface area contributed by atoms with Gasteiger partial charge in [-0.1, -0.05) is 0 Å².